The summed E-state index contributed by atoms with van der Waals surface area (Å²) in [4.78, 5) is 20.5. The van der Waals surface area contributed by atoms with Gasteiger partial charge in [-0.3, -0.25) is 20.0 Å². The molecule has 0 saturated heterocycles. The van der Waals surface area contributed by atoms with Crippen molar-refractivity contribution in [2.24, 2.45) is 4.99 Å². The molecule has 1 atom stereocenters. The number of non-ortho nitro benzene ring substituents is 1. The molecule has 1 unspecified atom stereocenters. The fourth-order valence-electron chi connectivity index (χ4n) is 3.73. The van der Waals surface area contributed by atoms with Crippen LogP contribution in [0.2, 0.25) is 0 Å². The number of rotatable bonds is 6. The zero-order chi connectivity index (χ0) is 19.4. The second-order valence-electron chi connectivity index (χ2n) is 6.60. The third kappa shape index (κ3) is 3.85. The molecule has 6 nitrogen and oxygen atoms in total. The largest absolute Gasteiger partial charge is 0.354 e. The molecule has 3 rings (SSSR count). The molecule has 0 amide bonds. The van der Waals surface area contributed by atoms with E-state index in [-0.39, 0.29) is 16.8 Å². The summed E-state index contributed by atoms with van der Waals surface area (Å²) in [6.45, 7) is 9.82. The second-order valence-corrected chi connectivity index (χ2v) is 6.60. The van der Waals surface area contributed by atoms with Crippen molar-refractivity contribution in [3.8, 4) is 0 Å². The highest BCUT2D eigenvalue weighted by Gasteiger charge is 2.27. The lowest BCUT2D eigenvalue weighted by Crippen LogP contribution is -2.47. The SMILES string of the molecule is CCN(CC)C(C)N1CCN=C(c2ccccc2)c2cc([N+](=O)[O-])ccc21. The van der Waals surface area contributed by atoms with E-state index in [1.807, 2.05) is 36.4 Å². The van der Waals surface area contributed by atoms with E-state index in [0.717, 1.165) is 42.2 Å². The molecule has 0 spiro atoms. The minimum atomic E-state index is -0.341. The molecular weight excluding hydrogens is 340 g/mol. The van der Waals surface area contributed by atoms with Gasteiger partial charge in [0, 0.05) is 35.5 Å². The average molecular weight is 366 g/mol. The Morgan fingerprint density at radius 2 is 1.89 bits per heavy atom. The molecule has 0 bridgehead atoms. The van der Waals surface area contributed by atoms with Gasteiger partial charge in [-0.1, -0.05) is 44.2 Å². The van der Waals surface area contributed by atoms with Gasteiger partial charge in [-0.15, -0.1) is 0 Å². The van der Waals surface area contributed by atoms with Crippen LogP contribution in [0.4, 0.5) is 11.4 Å². The monoisotopic (exact) mass is 366 g/mol. The summed E-state index contributed by atoms with van der Waals surface area (Å²) in [7, 11) is 0. The molecule has 1 aliphatic rings. The second kappa shape index (κ2) is 8.31. The number of nitrogens with zero attached hydrogens (tertiary/aromatic N) is 4. The topological polar surface area (TPSA) is 62.0 Å². The van der Waals surface area contributed by atoms with E-state index < -0.39 is 0 Å². The lowest BCUT2D eigenvalue weighted by molar-refractivity contribution is -0.384. The zero-order valence-corrected chi connectivity index (χ0v) is 16.1. The van der Waals surface area contributed by atoms with Crippen LogP contribution in [0, 0.1) is 10.1 Å². The molecule has 0 radical (unpaired) electrons. The van der Waals surface area contributed by atoms with Crippen LogP contribution in [0.25, 0.3) is 0 Å². The highest BCUT2D eigenvalue weighted by Crippen LogP contribution is 2.31. The normalized spacial score (nSPS) is 15.1. The molecule has 1 heterocycles. The number of aliphatic imine (C=N–C) groups is 1. The Hall–Kier alpha value is -2.73. The number of nitro benzene ring substituents is 1. The maximum Gasteiger partial charge on any atom is 0.270 e. The Balaban J connectivity index is 2.13. The van der Waals surface area contributed by atoms with Crippen LogP contribution in [0.5, 0.6) is 0 Å². The Kier molecular flexibility index (Phi) is 5.86. The van der Waals surface area contributed by atoms with E-state index in [1.165, 1.54) is 0 Å². The molecule has 2 aromatic rings. The van der Waals surface area contributed by atoms with Crippen molar-refractivity contribution in [3.05, 3.63) is 69.8 Å². The van der Waals surface area contributed by atoms with Crippen LogP contribution in [-0.4, -0.2) is 47.9 Å². The maximum atomic E-state index is 11.4. The number of hydrogen-bond donors (Lipinski definition) is 0. The Morgan fingerprint density at radius 1 is 1.19 bits per heavy atom. The van der Waals surface area contributed by atoms with E-state index in [1.54, 1.807) is 12.1 Å². The number of benzene rings is 2. The zero-order valence-electron chi connectivity index (χ0n) is 16.1. The van der Waals surface area contributed by atoms with Gasteiger partial charge >= 0.3 is 0 Å². The fraction of sp³-hybridized carbons (Fsp3) is 0.381. The summed E-state index contributed by atoms with van der Waals surface area (Å²) in [6, 6.07) is 15.0. The van der Waals surface area contributed by atoms with Gasteiger partial charge in [0.15, 0.2) is 0 Å². The summed E-state index contributed by atoms with van der Waals surface area (Å²) in [5.41, 5.74) is 3.72. The van der Waals surface area contributed by atoms with E-state index in [9.17, 15) is 10.1 Å². The molecule has 0 aromatic heterocycles. The lowest BCUT2D eigenvalue weighted by Gasteiger charge is -2.38. The number of fused-ring (bicyclic) bond motifs is 1. The molecular formula is C21H26N4O2. The van der Waals surface area contributed by atoms with Crippen LogP contribution in [0.1, 0.15) is 31.9 Å². The van der Waals surface area contributed by atoms with Crippen molar-refractivity contribution in [3.63, 3.8) is 0 Å². The van der Waals surface area contributed by atoms with Gasteiger partial charge in [-0.25, -0.2) is 0 Å². The molecule has 0 N–H and O–H groups in total. The average Bonchev–Trinajstić information content (AvgIpc) is 2.88. The molecule has 2 aromatic carbocycles. The molecule has 27 heavy (non-hydrogen) atoms. The maximum absolute atomic E-state index is 11.4. The minimum absolute atomic E-state index is 0.0923. The minimum Gasteiger partial charge on any atom is -0.354 e. The number of nitro groups is 1. The quantitative estimate of drug-likeness (QED) is 0.574. The highest BCUT2D eigenvalue weighted by atomic mass is 16.6. The van der Waals surface area contributed by atoms with Crippen LogP contribution >= 0.6 is 0 Å². The lowest BCUT2D eigenvalue weighted by atomic mass is 9.99. The third-order valence-corrected chi connectivity index (χ3v) is 5.21. The van der Waals surface area contributed by atoms with Gasteiger partial charge < -0.3 is 4.90 Å². The van der Waals surface area contributed by atoms with Crippen molar-refractivity contribution in [2.45, 2.75) is 26.9 Å². The first-order valence-electron chi connectivity index (χ1n) is 9.46. The van der Waals surface area contributed by atoms with Crippen molar-refractivity contribution < 1.29 is 4.92 Å². The van der Waals surface area contributed by atoms with Crippen molar-refractivity contribution in [2.75, 3.05) is 31.1 Å². The van der Waals surface area contributed by atoms with Crippen molar-refractivity contribution in [1.29, 1.82) is 0 Å². The molecule has 0 saturated carbocycles. The van der Waals surface area contributed by atoms with E-state index in [2.05, 4.69) is 30.6 Å². The van der Waals surface area contributed by atoms with Gasteiger partial charge in [0.2, 0.25) is 0 Å². The Bertz CT molecular complexity index is 831. The number of hydrogen-bond acceptors (Lipinski definition) is 5. The first-order valence-corrected chi connectivity index (χ1v) is 9.46. The summed E-state index contributed by atoms with van der Waals surface area (Å²) in [5, 5.41) is 11.4. The van der Waals surface area contributed by atoms with Gasteiger partial charge in [0.1, 0.15) is 0 Å². The van der Waals surface area contributed by atoms with E-state index in [0.29, 0.717) is 6.54 Å². The van der Waals surface area contributed by atoms with Gasteiger partial charge in [0.05, 0.1) is 23.3 Å². The smallest absolute Gasteiger partial charge is 0.270 e. The first-order chi connectivity index (χ1) is 13.1. The van der Waals surface area contributed by atoms with E-state index in [4.69, 9.17) is 4.99 Å². The third-order valence-electron chi connectivity index (χ3n) is 5.21. The van der Waals surface area contributed by atoms with Crippen LogP contribution < -0.4 is 4.90 Å². The first kappa shape index (κ1) is 19.0. The molecule has 142 valence electrons. The van der Waals surface area contributed by atoms with Gasteiger partial charge in [-0.05, 0) is 26.1 Å². The molecule has 0 aliphatic carbocycles. The van der Waals surface area contributed by atoms with Crippen LogP contribution in [0.15, 0.2) is 53.5 Å². The summed E-state index contributed by atoms with van der Waals surface area (Å²) >= 11 is 0. The summed E-state index contributed by atoms with van der Waals surface area (Å²) in [5.74, 6) is 0. The molecule has 1 aliphatic heterocycles. The van der Waals surface area contributed by atoms with Crippen molar-refractivity contribution in [1.82, 2.24) is 4.90 Å². The summed E-state index contributed by atoms with van der Waals surface area (Å²) < 4.78 is 0. The predicted octanol–water partition coefficient (Wildman–Crippen LogP) is 3.94. The number of anilines is 1. The summed E-state index contributed by atoms with van der Waals surface area (Å²) in [6.07, 6.45) is 0.186. The number of benzodiazepines with no additional fused rings is 1. The molecule has 6 heteroatoms. The Morgan fingerprint density at radius 3 is 2.52 bits per heavy atom. The highest BCUT2D eigenvalue weighted by molar-refractivity contribution is 6.16. The molecule has 0 fully saturated rings. The standard InChI is InChI=1S/C21H26N4O2/c1-4-23(5-2)16(3)24-14-13-22-21(17-9-7-6-8-10-17)19-15-18(25(26)27)11-12-20(19)24/h6-12,15-16H,4-5,13-14H2,1-3H3. The van der Waals surface area contributed by atoms with Gasteiger partial charge in [0.25, 0.3) is 5.69 Å². The van der Waals surface area contributed by atoms with Crippen molar-refractivity contribution >= 4 is 17.1 Å². The van der Waals surface area contributed by atoms with Crippen LogP contribution in [-0.2, 0) is 0 Å². The Labute approximate surface area is 160 Å². The van der Waals surface area contributed by atoms with Crippen LogP contribution in [0.3, 0.4) is 0 Å². The fourth-order valence-corrected chi connectivity index (χ4v) is 3.73. The predicted molar refractivity (Wildman–Crippen MR) is 110 cm³/mol. The van der Waals surface area contributed by atoms with Gasteiger partial charge in [-0.2, -0.15) is 0 Å². The van der Waals surface area contributed by atoms with E-state index >= 15 is 0 Å².